The summed E-state index contributed by atoms with van der Waals surface area (Å²) in [4.78, 5) is 45.3. The number of amides is 2. The number of rotatable bonds is 39. The maximum absolute atomic E-state index is 15.0. The lowest BCUT2D eigenvalue weighted by Crippen LogP contribution is -2.42. The number of unbranched alkanes of at least 4 members (excludes halogenated alkanes) is 16. The lowest BCUT2D eigenvalue weighted by Gasteiger charge is -2.34. The zero-order valence-corrected chi connectivity index (χ0v) is 55.0. The number of anilines is 3. The Labute approximate surface area is 497 Å². The van der Waals surface area contributed by atoms with Crippen LogP contribution in [0.2, 0.25) is 0 Å². The van der Waals surface area contributed by atoms with E-state index in [4.69, 9.17) is 0 Å². The number of nitrogens with zero attached hydrogens (tertiary/aromatic N) is 2. The topological polar surface area (TPSA) is 105 Å². The van der Waals surface area contributed by atoms with Crippen LogP contribution in [-0.4, -0.2) is 64.8 Å². The van der Waals surface area contributed by atoms with Gasteiger partial charge in [0.15, 0.2) is 11.8 Å². The molecule has 3 aliphatic rings. The lowest BCUT2D eigenvalue weighted by atomic mass is 9.76. The van der Waals surface area contributed by atoms with E-state index < -0.39 is 0 Å². The normalized spacial score (nSPS) is 18.8. The molecule has 0 spiro atoms. The maximum atomic E-state index is 15.0. The molecule has 0 aromatic heterocycles. The first-order valence-corrected chi connectivity index (χ1v) is 35.1. The van der Waals surface area contributed by atoms with E-state index in [0.717, 1.165) is 72.5 Å². The molecule has 2 heterocycles. The number of nitrogens with one attached hydrogen (secondary N) is 2. The van der Waals surface area contributed by atoms with Gasteiger partial charge < -0.3 is 20.6 Å². The van der Waals surface area contributed by atoms with Gasteiger partial charge >= 0.3 is 0 Å². The Hall–Kier alpha value is -3.24. The number of Topliss-reactive ketones (excluding diaryl/α,β-unsaturated/α-hetero) is 1. The summed E-state index contributed by atoms with van der Waals surface area (Å²) in [6, 6.07) is 8.80. The van der Waals surface area contributed by atoms with E-state index >= 15 is 9.90 Å². The fraction of sp³-hybridized carbons (Fsp3) is 0.743. The van der Waals surface area contributed by atoms with E-state index in [9.17, 15) is 9.59 Å². The average Bonchev–Trinajstić information content (AvgIpc) is 3.73. The van der Waals surface area contributed by atoms with Crippen LogP contribution in [0.5, 0.6) is 0 Å². The molecule has 450 valence electrons. The summed E-state index contributed by atoms with van der Waals surface area (Å²) in [6.07, 6.45) is 29.9. The molecule has 0 saturated carbocycles. The molecule has 1 aliphatic carbocycles. The van der Waals surface area contributed by atoms with Crippen molar-refractivity contribution in [3.63, 3.8) is 0 Å². The number of carbonyl (C=O) groups is 3. The maximum Gasteiger partial charge on any atom is 0.224 e. The molecule has 0 saturated heterocycles. The molecule has 10 heteroatoms. The zero-order chi connectivity index (χ0) is 58.6. The van der Waals surface area contributed by atoms with Crippen LogP contribution < -0.4 is 35.8 Å². The fourth-order valence-electron chi connectivity index (χ4n) is 13.0. The highest BCUT2D eigenvalue weighted by Gasteiger charge is 2.47. The molecule has 2 N–H and O–H groups in total. The molecule has 5 rings (SSSR count). The standard InChI is InChI=1S/C70H114N4O4S2/c1-15-19-37-53(17-3)47-79-41-35-31-27-23-21-25-29-33-39-63(75)71-59-45-61-57(69(11,12)51(9)73(61)49(5)6)43-55(59)65-67(77)66(68(65)78)56-44-58-62(74(50(7)8)52(10)70(58,13)14)46-60(56)72-64(76)40-34-30-26-22-24-28-32-36-42-80-48-54(18-4)38-20-16-2/h43-46,49-54H,15-42,47-48H2,1-14H3,(H2,71,72,75,76,77,78). The van der Waals surface area contributed by atoms with E-state index in [1.165, 1.54) is 139 Å². The molecule has 2 aromatic rings. The summed E-state index contributed by atoms with van der Waals surface area (Å²) in [7, 11) is 0. The largest absolute Gasteiger partial charge is 0.871 e. The van der Waals surface area contributed by atoms with Crippen LogP contribution in [0.15, 0.2) is 30.0 Å². The smallest absolute Gasteiger partial charge is 0.224 e. The summed E-state index contributed by atoms with van der Waals surface area (Å²) < 4.78 is 2.40. The fourth-order valence-corrected chi connectivity index (χ4v) is 15.6. The van der Waals surface area contributed by atoms with E-state index in [1.807, 2.05) is 24.3 Å². The number of thioether (sulfide) groups is 2. The van der Waals surface area contributed by atoms with E-state index in [0.29, 0.717) is 35.0 Å². The van der Waals surface area contributed by atoms with Gasteiger partial charge in [0.1, 0.15) is 6.04 Å². The molecule has 80 heavy (non-hydrogen) atoms. The minimum Gasteiger partial charge on any atom is -0.871 e. The van der Waals surface area contributed by atoms with Crippen LogP contribution in [0.3, 0.4) is 0 Å². The number of allylic oxidation sites excluding steroid dienone is 2. The molecule has 4 unspecified atom stereocenters. The van der Waals surface area contributed by atoms with Gasteiger partial charge in [0.2, 0.25) is 17.2 Å². The number of fused-ring (bicyclic) bond motifs is 2. The van der Waals surface area contributed by atoms with Crippen LogP contribution in [0, 0.1) is 11.8 Å². The highest BCUT2D eigenvalue weighted by Crippen LogP contribution is 2.51. The average molecular weight is 1140 g/mol. The van der Waals surface area contributed by atoms with Crippen molar-refractivity contribution < 1.29 is 19.5 Å². The van der Waals surface area contributed by atoms with Gasteiger partial charge in [-0.3, -0.25) is 14.4 Å². The monoisotopic (exact) mass is 1140 g/mol. The second-order valence-electron chi connectivity index (χ2n) is 26.3. The van der Waals surface area contributed by atoms with Crippen LogP contribution >= 0.6 is 23.5 Å². The Kier molecular flexibility index (Phi) is 28.1. The summed E-state index contributed by atoms with van der Waals surface area (Å²) in [5.41, 5.74) is 4.34. The Morgan fingerprint density at radius 1 is 0.613 bits per heavy atom. The van der Waals surface area contributed by atoms with Gasteiger partial charge in [0, 0.05) is 69.6 Å². The lowest BCUT2D eigenvalue weighted by molar-refractivity contribution is -0.292. The van der Waals surface area contributed by atoms with Crippen molar-refractivity contribution in [2.45, 2.75) is 299 Å². The second-order valence-corrected chi connectivity index (χ2v) is 28.6. The Bertz CT molecular complexity index is 2470. The third-order valence-corrected chi connectivity index (χ3v) is 21.5. The molecule has 2 aliphatic heterocycles. The number of benzene rings is 2. The third kappa shape index (κ3) is 17.9. The van der Waals surface area contributed by atoms with E-state index in [-0.39, 0.29) is 69.5 Å². The third-order valence-electron chi connectivity index (χ3n) is 18.9. The molecule has 0 radical (unpaired) electrons. The Morgan fingerprint density at radius 3 is 1.54 bits per heavy atom. The number of hydrogen-bond donors (Lipinski definition) is 2. The van der Waals surface area contributed by atoms with E-state index in [2.05, 4.69) is 141 Å². The van der Waals surface area contributed by atoms with Crippen molar-refractivity contribution in [3.05, 3.63) is 57.3 Å². The minimum absolute atomic E-state index is 0.0952. The molecule has 0 fully saturated rings. The minimum atomic E-state index is -0.340. The number of hydrogen-bond acceptors (Lipinski definition) is 7. The predicted molar refractivity (Wildman–Crippen MR) is 348 cm³/mol. The van der Waals surface area contributed by atoms with Crippen molar-refractivity contribution >= 4 is 69.3 Å². The quantitative estimate of drug-likeness (QED) is 0.0507. The summed E-state index contributed by atoms with van der Waals surface area (Å²) >= 11 is 4.30. The van der Waals surface area contributed by atoms with Gasteiger partial charge in [0.25, 0.3) is 0 Å². The first kappa shape index (κ1) is 67.5. The Morgan fingerprint density at radius 2 is 1.09 bits per heavy atom. The molecule has 8 nitrogen and oxygen atoms in total. The molecular weight excluding hydrogens is 1020 g/mol. The summed E-state index contributed by atoms with van der Waals surface area (Å²) in [5.74, 6) is 6.07. The second kappa shape index (κ2) is 33.3. The molecule has 2 aromatic carbocycles. The highest BCUT2D eigenvalue weighted by atomic mass is 32.2. The summed E-state index contributed by atoms with van der Waals surface area (Å²) in [6.45, 7) is 31.4. The SMILES string of the molecule is CCCCC(CC)CSCCCCCCCCCCC(=O)Nc1cc2c(cc1C1=C([O-])/C(=c3/cc4c(cc3NC(=O)CCCCCCCCCCSCC(CC)CCCC)=[N+](C(C)C)C(C)C4(C)C)C1=O)C(C)(C)C(C)N2C(C)C. The summed E-state index contributed by atoms with van der Waals surface area (Å²) in [5, 5.41) is 23.0. The molecular formula is C70H114N4O4S2. The molecule has 0 bridgehead atoms. The van der Waals surface area contributed by atoms with E-state index in [1.54, 1.807) is 0 Å². The van der Waals surface area contributed by atoms with Crippen molar-refractivity contribution in [2.24, 2.45) is 11.8 Å². The first-order valence-electron chi connectivity index (χ1n) is 32.8. The van der Waals surface area contributed by atoms with Gasteiger partial charge in [-0.05, 0) is 153 Å². The van der Waals surface area contributed by atoms with Crippen molar-refractivity contribution in [3.8, 4) is 0 Å². The number of ketones is 1. The van der Waals surface area contributed by atoms with Gasteiger partial charge in [-0.25, -0.2) is 4.58 Å². The Balaban J connectivity index is 1.29. The van der Waals surface area contributed by atoms with Crippen LogP contribution in [-0.2, 0) is 25.2 Å². The first-order chi connectivity index (χ1) is 38.3. The zero-order valence-electron chi connectivity index (χ0n) is 53.3. The van der Waals surface area contributed by atoms with Crippen LogP contribution in [0.25, 0.3) is 11.1 Å². The van der Waals surface area contributed by atoms with Crippen molar-refractivity contribution in [1.29, 1.82) is 0 Å². The van der Waals surface area contributed by atoms with Crippen LogP contribution in [0.1, 0.15) is 281 Å². The van der Waals surface area contributed by atoms with Gasteiger partial charge in [-0.1, -0.05) is 163 Å². The van der Waals surface area contributed by atoms with Gasteiger partial charge in [-0.15, -0.1) is 0 Å². The van der Waals surface area contributed by atoms with Crippen LogP contribution in [0.4, 0.5) is 17.1 Å². The number of carbonyl (C=O) groups excluding carboxylic acids is 3. The molecule has 4 atom stereocenters. The molecule has 2 amide bonds. The van der Waals surface area contributed by atoms with Gasteiger partial charge in [0.05, 0.1) is 16.8 Å². The highest BCUT2D eigenvalue weighted by molar-refractivity contribution is 7.99. The van der Waals surface area contributed by atoms with Crippen molar-refractivity contribution in [2.75, 3.05) is 38.5 Å². The predicted octanol–water partition coefficient (Wildman–Crippen LogP) is 16.5. The van der Waals surface area contributed by atoms with Crippen molar-refractivity contribution in [1.82, 2.24) is 4.58 Å². The van der Waals surface area contributed by atoms with Gasteiger partial charge in [-0.2, -0.15) is 23.5 Å².